The van der Waals surface area contributed by atoms with E-state index in [2.05, 4.69) is 6.07 Å². The maximum Gasteiger partial charge on any atom is 0.165 e. The lowest BCUT2D eigenvalue weighted by molar-refractivity contribution is 0.290. The van der Waals surface area contributed by atoms with Crippen LogP contribution in [0.1, 0.15) is 17.9 Å². The highest BCUT2D eigenvalue weighted by molar-refractivity contribution is 5.39. The summed E-state index contributed by atoms with van der Waals surface area (Å²) in [6, 6.07) is 12.2. The minimum Gasteiger partial charge on any atom is -0.496 e. The molecule has 2 rings (SSSR count). The van der Waals surface area contributed by atoms with Gasteiger partial charge in [0.1, 0.15) is 11.6 Å². The molecule has 3 nitrogen and oxygen atoms in total. The van der Waals surface area contributed by atoms with Crippen molar-refractivity contribution in [1.82, 2.24) is 0 Å². The summed E-state index contributed by atoms with van der Waals surface area (Å²) in [5.74, 6) is -0.924. The Morgan fingerprint density at radius 2 is 1.91 bits per heavy atom. The van der Waals surface area contributed by atoms with Gasteiger partial charge in [0.15, 0.2) is 11.6 Å². The second kappa shape index (κ2) is 7.41. The van der Waals surface area contributed by atoms with E-state index < -0.39 is 17.6 Å². The number of nitriles is 1. The van der Waals surface area contributed by atoms with E-state index >= 15 is 0 Å². The molecule has 0 radical (unpaired) electrons. The Hall–Kier alpha value is -2.61. The first kappa shape index (κ1) is 15.8. The molecule has 0 aromatic heterocycles. The number of methoxy groups -OCH3 is 1. The first-order valence-electron chi connectivity index (χ1n) is 6.76. The summed E-state index contributed by atoms with van der Waals surface area (Å²) in [5.41, 5.74) is 0.460. The van der Waals surface area contributed by atoms with Crippen LogP contribution in [0.3, 0.4) is 0 Å². The van der Waals surface area contributed by atoms with E-state index in [0.29, 0.717) is 17.7 Å². The van der Waals surface area contributed by atoms with Gasteiger partial charge in [0.2, 0.25) is 0 Å². The molecule has 0 aliphatic heterocycles. The molecule has 1 unspecified atom stereocenters. The van der Waals surface area contributed by atoms with Crippen molar-refractivity contribution < 1.29 is 18.3 Å². The largest absolute Gasteiger partial charge is 0.496 e. The molecule has 0 aliphatic carbocycles. The molecule has 1 atom stereocenters. The maximum absolute atomic E-state index is 13.4. The molecule has 0 saturated heterocycles. The molecule has 2 aromatic rings. The van der Waals surface area contributed by atoms with Gasteiger partial charge in [-0.1, -0.05) is 12.1 Å². The summed E-state index contributed by atoms with van der Waals surface area (Å²) in [6.45, 7) is 0.138. The molecule has 0 bridgehead atoms. The van der Waals surface area contributed by atoms with E-state index in [4.69, 9.17) is 9.47 Å². The van der Waals surface area contributed by atoms with E-state index in [0.717, 1.165) is 0 Å². The van der Waals surface area contributed by atoms with E-state index in [9.17, 15) is 14.0 Å². The molecule has 0 spiro atoms. The Bertz CT molecular complexity index is 683. The van der Waals surface area contributed by atoms with Crippen LogP contribution in [-0.4, -0.2) is 13.7 Å². The fraction of sp³-hybridized carbons (Fsp3) is 0.235. The van der Waals surface area contributed by atoms with Crippen molar-refractivity contribution >= 4 is 0 Å². The Kier molecular flexibility index (Phi) is 5.31. The van der Waals surface area contributed by atoms with Gasteiger partial charge in [-0.15, -0.1) is 0 Å². The standard InChI is InChI=1S/C17H15F2NO2/c1-21-16-7-6-13(18)10-14(16)12(11-20)8-9-22-17-5-3-2-4-15(17)19/h2-7,10,12H,8-9H2,1H3. The van der Waals surface area contributed by atoms with Gasteiger partial charge < -0.3 is 9.47 Å². The predicted molar refractivity (Wildman–Crippen MR) is 77.8 cm³/mol. The van der Waals surface area contributed by atoms with Crippen LogP contribution in [0.4, 0.5) is 8.78 Å². The monoisotopic (exact) mass is 303 g/mol. The summed E-state index contributed by atoms with van der Waals surface area (Å²) >= 11 is 0. The van der Waals surface area contributed by atoms with Crippen molar-refractivity contribution in [1.29, 1.82) is 5.26 Å². The minimum absolute atomic E-state index is 0.130. The zero-order chi connectivity index (χ0) is 15.9. The zero-order valence-corrected chi connectivity index (χ0v) is 12.1. The summed E-state index contributed by atoms with van der Waals surface area (Å²) in [4.78, 5) is 0. The quantitative estimate of drug-likeness (QED) is 0.808. The van der Waals surface area contributed by atoms with Crippen molar-refractivity contribution in [2.45, 2.75) is 12.3 Å². The van der Waals surface area contributed by atoms with Gasteiger partial charge >= 0.3 is 0 Å². The molecule has 0 fully saturated rings. The van der Waals surface area contributed by atoms with E-state index in [1.165, 1.54) is 37.4 Å². The number of rotatable bonds is 6. The number of ether oxygens (including phenoxy) is 2. The molecule has 0 amide bonds. The average Bonchev–Trinajstić information content (AvgIpc) is 2.53. The van der Waals surface area contributed by atoms with Crippen LogP contribution in [0.2, 0.25) is 0 Å². The summed E-state index contributed by atoms with van der Waals surface area (Å²) in [7, 11) is 1.46. The van der Waals surface area contributed by atoms with Gasteiger partial charge in [0.25, 0.3) is 0 Å². The Morgan fingerprint density at radius 3 is 2.59 bits per heavy atom. The topological polar surface area (TPSA) is 42.2 Å². The lowest BCUT2D eigenvalue weighted by Crippen LogP contribution is -2.07. The van der Waals surface area contributed by atoms with Crippen molar-refractivity contribution in [3.05, 3.63) is 59.7 Å². The Labute approximate surface area is 127 Å². The number of hydrogen-bond acceptors (Lipinski definition) is 3. The Balaban J connectivity index is 2.06. The van der Waals surface area contributed by atoms with Crippen LogP contribution < -0.4 is 9.47 Å². The van der Waals surface area contributed by atoms with Gasteiger partial charge in [-0.3, -0.25) is 0 Å². The highest BCUT2D eigenvalue weighted by Crippen LogP contribution is 2.29. The summed E-state index contributed by atoms with van der Waals surface area (Å²) in [6.07, 6.45) is 0.296. The van der Waals surface area contributed by atoms with Gasteiger partial charge in [-0.2, -0.15) is 5.26 Å². The lowest BCUT2D eigenvalue weighted by Gasteiger charge is -2.14. The molecule has 2 aromatic carbocycles. The predicted octanol–water partition coefficient (Wildman–Crippen LogP) is 4.05. The first-order chi connectivity index (χ1) is 10.7. The first-order valence-corrected chi connectivity index (χ1v) is 6.76. The van der Waals surface area contributed by atoms with Crippen molar-refractivity contribution in [2.75, 3.05) is 13.7 Å². The van der Waals surface area contributed by atoms with Crippen LogP contribution >= 0.6 is 0 Å². The maximum atomic E-state index is 13.4. The van der Waals surface area contributed by atoms with Gasteiger partial charge in [0.05, 0.1) is 25.7 Å². The third kappa shape index (κ3) is 3.73. The summed E-state index contributed by atoms with van der Waals surface area (Å²) < 4.78 is 37.3. The minimum atomic E-state index is -0.600. The highest BCUT2D eigenvalue weighted by atomic mass is 19.1. The normalized spacial score (nSPS) is 11.5. The van der Waals surface area contributed by atoms with Crippen LogP contribution in [0.25, 0.3) is 0 Å². The van der Waals surface area contributed by atoms with Crippen LogP contribution in [0.5, 0.6) is 11.5 Å². The molecule has 22 heavy (non-hydrogen) atoms. The molecule has 5 heteroatoms. The third-order valence-electron chi connectivity index (χ3n) is 3.22. The fourth-order valence-electron chi connectivity index (χ4n) is 2.12. The van der Waals surface area contributed by atoms with Gasteiger partial charge in [0, 0.05) is 12.0 Å². The van der Waals surface area contributed by atoms with Crippen molar-refractivity contribution in [2.24, 2.45) is 0 Å². The number of hydrogen-bond donors (Lipinski definition) is 0. The van der Waals surface area contributed by atoms with Crippen LogP contribution in [-0.2, 0) is 0 Å². The smallest absolute Gasteiger partial charge is 0.165 e. The Morgan fingerprint density at radius 1 is 1.14 bits per heavy atom. The van der Waals surface area contributed by atoms with Crippen molar-refractivity contribution in [3.8, 4) is 17.6 Å². The molecule has 114 valence electrons. The molecule has 0 N–H and O–H groups in total. The number of benzene rings is 2. The fourth-order valence-corrected chi connectivity index (χ4v) is 2.12. The summed E-state index contributed by atoms with van der Waals surface area (Å²) in [5, 5.41) is 9.28. The second-order valence-corrected chi connectivity index (χ2v) is 4.64. The number of para-hydroxylation sites is 1. The van der Waals surface area contributed by atoms with Gasteiger partial charge in [-0.05, 0) is 30.3 Å². The van der Waals surface area contributed by atoms with E-state index in [1.807, 2.05) is 0 Å². The van der Waals surface area contributed by atoms with E-state index in [-0.39, 0.29) is 12.4 Å². The second-order valence-electron chi connectivity index (χ2n) is 4.64. The van der Waals surface area contributed by atoms with Crippen molar-refractivity contribution in [3.63, 3.8) is 0 Å². The average molecular weight is 303 g/mol. The number of halogens is 2. The lowest BCUT2D eigenvalue weighted by atomic mass is 9.96. The molecule has 0 saturated carbocycles. The molecular formula is C17H15F2NO2. The third-order valence-corrected chi connectivity index (χ3v) is 3.22. The van der Waals surface area contributed by atoms with Crippen LogP contribution in [0, 0.1) is 23.0 Å². The van der Waals surface area contributed by atoms with Gasteiger partial charge in [-0.25, -0.2) is 8.78 Å². The molecule has 0 aliphatic rings. The highest BCUT2D eigenvalue weighted by Gasteiger charge is 2.17. The molecule has 0 heterocycles. The number of nitrogens with zero attached hydrogens (tertiary/aromatic N) is 1. The van der Waals surface area contributed by atoms with Crippen LogP contribution in [0.15, 0.2) is 42.5 Å². The van der Waals surface area contributed by atoms with E-state index in [1.54, 1.807) is 12.1 Å². The molecular weight excluding hydrogens is 288 g/mol. The zero-order valence-electron chi connectivity index (χ0n) is 12.1. The SMILES string of the molecule is COc1ccc(F)cc1C(C#N)CCOc1ccccc1F.